The van der Waals surface area contributed by atoms with E-state index in [0.717, 1.165) is 17.8 Å². The van der Waals surface area contributed by atoms with Gasteiger partial charge in [-0.1, -0.05) is 0 Å². The topological polar surface area (TPSA) is 52.2 Å². The average Bonchev–Trinajstić information content (AvgIpc) is 2.95. The molecule has 1 aromatic heterocycles. The van der Waals surface area contributed by atoms with Crippen molar-refractivity contribution in [1.82, 2.24) is 15.1 Å². The molecule has 122 valence electrons. The van der Waals surface area contributed by atoms with E-state index < -0.39 is 11.6 Å². The zero-order chi connectivity index (χ0) is 16.4. The van der Waals surface area contributed by atoms with Gasteiger partial charge in [0.1, 0.15) is 11.6 Å². The summed E-state index contributed by atoms with van der Waals surface area (Å²) in [5.41, 5.74) is 1.88. The normalized spacial score (nSPS) is 15.1. The van der Waals surface area contributed by atoms with Crippen LogP contribution in [0.3, 0.4) is 0 Å². The van der Waals surface area contributed by atoms with Gasteiger partial charge < -0.3 is 9.80 Å². The van der Waals surface area contributed by atoms with Gasteiger partial charge in [-0.05, 0) is 25.1 Å². The van der Waals surface area contributed by atoms with E-state index in [4.69, 9.17) is 0 Å². The molecule has 1 aromatic carbocycles. The number of rotatable bonds is 3. The van der Waals surface area contributed by atoms with Crippen LogP contribution in [0.1, 0.15) is 11.4 Å². The van der Waals surface area contributed by atoms with E-state index >= 15 is 0 Å². The predicted octanol–water partition coefficient (Wildman–Crippen LogP) is 1.89. The maximum absolute atomic E-state index is 13.8. The number of benzene rings is 1. The maximum Gasteiger partial charge on any atom is 0.228 e. The summed E-state index contributed by atoms with van der Waals surface area (Å²) in [4.78, 5) is 15.8. The van der Waals surface area contributed by atoms with Crippen LogP contribution in [0, 0.1) is 18.6 Å². The first-order valence-electron chi connectivity index (χ1n) is 7.51. The quantitative estimate of drug-likeness (QED) is 0.939. The second-order valence-electron chi connectivity index (χ2n) is 5.68. The number of carbonyl (C=O) groups is 1. The van der Waals surface area contributed by atoms with Crippen molar-refractivity contribution in [2.24, 2.45) is 0 Å². The third-order valence-corrected chi connectivity index (χ3v) is 3.97. The van der Waals surface area contributed by atoms with Gasteiger partial charge in [-0.2, -0.15) is 5.10 Å². The number of nitrogens with zero attached hydrogens (tertiary/aromatic N) is 3. The third kappa shape index (κ3) is 3.49. The molecule has 1 amide bonds. The molecule has 0 radical (unpaired) electrons. The number of anilines is 1. The number of hydrogen-bond acceptors (Lipinski definition) is 3. The average molecular weight is 320 g/mol. The van der Waals surface area contributed by atoms with Gasteiger partial charge in [-0.3, -0.25) is 9.89 Å². The molecule has 0 atom stereocenters. The Morgan fingerprint density at radius 2 is 1.96 bits per heavy atom. The van der Waals surface area contributed by atoms with Crippen LogP contribution in [0.2, 0.25) is 0 Å². The molecule has 1 aliphatic rings. The standard InChI is InChI=1S/C16H18F2N4O/c1-11-8-13(20-19-11)10-16(23)22-6-4-21(5-7-22)15-9-12(17)2-3-14(15)18/h2-3,8-9H,4-7,10H2,1H3,(H,19,20). The SMILES string of the molecule is Cc1cc(CC(=O)N2CCN(c3cc(F)ccc3F)CC2)n[nH]1. The summed E-state index contributed by atoms with van der Waals surface area (Å²) in [6.07, 6.45) is 0.249. The summed E-state index contributed by atoms with van der Waals surface area (Å²) < 4.78 is 27.1. The smallest absolute Gasteiger partial charge is 0.228 e. The molecule has 1 aliphatic heterocycles. The van der Waals surface area contributed by atoms with Crippen LogP contribution in [0.15, 0.2) is 24.3 Å². The van der Waals surface area contributed by atoms with Crippen LogP contribution >= 0.6 is 0 Å². The van der Waals surface area contributed by atoms with Gasteiger partial charge in [0.05, 0.1) is 17.8 Å². The summed E-state index contributed by atoms with van der Waals surface area (Å²) in [6, 6.07) is 5.27. The first kappa shape index (κ1) is 15.5. The molecular formula is C16H18F2N4O. The number of amides is 1. The number of piperazine rings is 1. The molecule has 5 nitrogen and oxygen atoms in total. The Morgan fingerprint density at radius 3 is 2.61 bits per heavy atom. The predicted molar refractivity (Wildman–Crippen MR) is 82.2 cm³/mol. The van der Waals surface area contributed by atoms with Gasteiger partial charge in [0, 0.05) is 37.9 Å². The van der Waals surface area contributed by atoms with Gasteiger partial charge in [-0.15, -0.1) is 0 Å². The summed E-state index contributed by atoms with van der Waals surface area (Å²) >= 11 is 0. The first-order valence-corrected chi connectivity index (χ1v) is 7.51. The van der Waals surface area contributed by atoms with Crippen LogP contribution in [0.5, 0.6) is 0 Å². The second kappa shape index (κ2) is 6.36. The van der Waals surface area contributed by atoms with E-state index in [1.54, 1.807) is 9.80 Å². The molecule has 7 heteroatoms. The summed E-state index contributed by atoms with van der Waals surface area (Å²) in [7, 11) is 0. The highest BCUT2D eigenvalue weighted by Gasteiger charge is 2.23. The van der Waals surface area contributed by atoms with Gasteiger partial charge in [0.2, 0.25) is 5.91 Å². The molecule has 2 aromatic rings. The highest BCUT2D eigenvalue weighted by Crippen LogP contribution is 2.22. The van der Waals surface area contributed by atoms with Crippen LogP contribution in [-0.2, 0) is 11.2 Å². The van der Waals surface area contributed by atoms with Gasteiger partial charge in [-0.25, -0.2) is 8.78 Å². The lowest BCUT2D eigenvalue weighted by Gasteiger charge is -2.36. The second-order valence-corrected chi connectivity index (χ2v) is 5.68. The van der Waals surface area contributed by atoms with E-state index in [2.05, 4.69) is 10.2 Å². The lowest BCUT2D eigenvalue weighted by molar-refractivity contribution is -0.130. The molecule has 0 bridgehead atoms. The van der Waals surface area contributed by atoms with Crippen LogP contribution in [0.4, 0.5) is 14.5 Å². The Morgan fingerprint density at radius 1 is 1.22 bits per heavy atom. The number of aromatic nitrogens is 2. The highest BCUT2D eigenvalue weighted by atomic mass is 19.1. The Bertz CT molecular complexity index is 708. The molecule has 0 aliphatic carbocycles. The molecule has 0 saturated carbocycles. The highest BCUT2D eigenvalue weighted by molar-refractivity contribution is 5.78. The van der Waals surface area contributed by atoms with E-state index in [0.29, 0.717) is 31.9 Å². The van der Waals surface area contributed by atoms with Crippen LogP contribution in [0.25, 0.3) is 0 Å². The van der Waals surface area contributed by atoms with Crippen molar-refractivity contribution >= 4 is 11.6 Å². The number of halogens is 2. The fourth-order valence-electron chi connectivity index (χ4n) is 2.76. The minimum Gasteiger partial charge on any atom is -0.366 e. The lowest BCUT2D eigenvalue weighted by Crippen LogP contribution is -2.49. The molecule has 1 N–H and O–H groups in total. The van der Waals surface area contributed by atoms with Crippen molar-refractivity contribution < 1.29 is 13.6 Å². The van der Waals surface area contributed by atoms with Gasteiger partial charge in [0.25, 0.3) is 0 Å². The number of nitrogens with one attached hydrogen (secondary N) is 1. The van der Waals surface area contributed by atoms with Crippen LogP contribution < -0.4 is 4.90 Å². The maximum atomic E-state index is 13.8. The van der Waals surface area contributed by atoms with E-state index in [-0.39, 0.29) is 18.0 Å². The van der Waals surface area contributed by atoms with Crippen molar-refractivity contribution in [2.75, 3.05) is 31.1 Å². The summed E-state index contributed by atoms with van der Waals surface area (Å²) in [5.74, 6) is -0.914. The lowest BCUT2D eigenvalue weighted by atomic mass is 10.2. The zero-order valence-corrected chi connectivity index (χ0v) is 12.9. The van der Waals surface area contributed by atoms with E-state index in [1.165, 1.54) is 6.07 Å². The third-order valence-electron chi connectivity index (χ3n) is 3.97. The summed E-state index contributed by atoms with van der Waals surface area (Å²) in [6.45, 7) is 3.81. The minimum absolute atomic E-state index is 0.00383. The van der Waals surface area contributed by atoms with Crippen molar-refractivity contribution in [3.8, 4) is 0 Å². The number of carbonyl (C=O) groups excluding carboxylic acids is 1. The Labute approximate surface area is 132 Å². The largest absolute Gasteiger partial charge is 0.366 e. The first-order chi connectivity index (χ1) is 11.0. The Kier molecular flexibility index (Phi) is 4.27. The molecular weight excluding hydrogens is 302 g/mol. The molecule has 23 heavy (non-hydrogen) atoms. The number of aryl methyl sites for hydroxylation is 1. The molecule has 0 spiro atoms. The van der Waals surface area contributed by atoms with E-state index in [1.807, 2.05) is 13.0 Å². The van der Waals surface area contributed by atoms with Crippen molar-refractivity contribution in [3.05, 3.63) is 47.3 Å². The minimum atomic E-state index is -0.464. The fourth-order valence-corrected chi connectivity index (χ4v) is 2.76. The summed E-state index contributed by atoms with van der Waals surface area (Å²) in [5, 5.41) is 6.87. The monoisotopic (exact) mass is 320 g/mol. The molecule has 1 saturated heterocycles. The number of H-pyrrole nitrogens is 1. The molecule has 2 heterocycles. The number of aromatic amines is 1. The molecule has 3 rings (SSSR count). The zero-order valence-electron chi connectivity index (χ0n) is 12.9. The Hall–Kier alpha value is -2.44. The van der Waals surface area contributed by atoms with E-state index in [9.17, 15) is 13.6 Å². The van der Waals surface area contributed by atoms with Gasteiger partial charge in [0.15, 0.2) is 0 Å². The Balaban J connectivity index is 1.59. The van der Waals surface area contributed by atoms with Gasteiger partial charge >= 0.3 is 0 Å². The number of hydrogen-bond donors (Lipinski definition) is 1. The molecule has 1 fully saturated rings. The fraction of sp³-hybridized carbons (Fsp3) is 0.375. The van der Waals surface area contributed by atoms with Crippen molar-refractivity contribution in [3.63, 3.8) is 0 Å². The van der Waals surface area contributed by atoms with Crippen molar-refractivity contribution in [1.29, 1.82) is 0 Å². The van der Waals surface area contributed by atoms with Crippen molar-refractivity contribution in [2.45, 2.75) is 13.3 Å². The van der Waals surface area contributed by atoms with Crippen LogP contribution in [-0.4, -0.2) is 47.2 Å². The molecule has 0 unspecified atom stereocenters.